The maximum absolute atomic E-state index is 13.3. The third-order valence-electron chi connectivity index (χ3n) is 5.84. The van der Waals surface area contributed by atoms with Crippen LogP contribution in [0.4, 0.5) is 5.69 Å². The standard InChI is InChI=1S/C27H25ClN4O3S/c1-2-12-30-23(29)13-16-6-8-17(9-7-16)15-32-26(34)19-4-3-5-21(24(19)27(32)35)31-25(33)20-14-18(28)10-11-22(20)36/h3-10,14H,2,11-13,15H2,1H3,(H2,29,30)(H,31,33). The number of hydrogen-bond acceptors (Lipinski definition) is 5. The molecule has 1 aliphatic heterocycles. The van der Waals surface area contributed by atoms with E-state index in [1.807, 2.05) is 31.2 Å². The van der Waals surface area contributed by atoms with Crippen LogP contribution in [0.15, 0.2) is 70.2 Å². The van der Waals surface area contributed by atoms with E-state index in [4.69, 9.17) is 29.6 Å². The summed E-state index contributed by atoms with van der Waals surface area (Å²) in [6.07, 6.45) is 5.09. The highest BCUT2D eigenvalue weighted by molar-refractivity contribution is 7.81. The average molecular weight is 521 g/mol. The van der Waals surface area contributed by atoms with E-state index in [1.54, 1.807) is 24.3 Å². The molecule has 0 unspecified atom stereocenters. The predicted molar refractivity (Wildman–Crippen MR) is 145 cm³/mol. The van der Waals surface area contributed by atoms with Gasteiger partial charge >= 0.3 is 0 Å². The molecule has 0 radical (unpaired) electrons. The molecule has 36 heavy (non-hydrogen) atoms. The zero-order chi connectivity index (χ0) is 25.8. The van der Waals surface area contributed by atoms with Gasteiger partial charge in [-0.3, -0.25) is 24.3 Å². The van der Waals surface area contributed by atoms with Crippen LogP contribution in [0.1, 0.15) is 51.6 Å². The van der Waals surface area contributed by atoms with Gasteiger partial charge in [0.1, 0.15) is 0 Å². The topological polar surface area (TPSA) is 105 Å². The smallest absolute Gasteiger partial charge is 0.263 e. The lowest BCUT2D eigenvalue weighted by atomic mass is 10.0. The van der Waals surface area contributed by atoms with Gasteiger partial charge in [0, 0.05) is 29.3 Å². The van der Waals surface area contributed by atoms with E-state index in [-0.39, 0.29) is 28.9 Å². The molecule has 0 bridgehead atoms. The summed E-state index contributed by atoms with van der Waals surface area (Å²) in [5.74, 6) is -0.785. The molecule has 0 atom stereocenters. The van der Waals surface area contributed by atoms with Crippen molar-refractivity contribution in [1.29, 1.82) is 0 Å². The van der Waals surface area contributed by atoms with Crippen molar-refractivity contribution in [3.63, 3.8) is 0 Å². The number of halogens is 1. The third kappa shape index (κ3) is 5.45. The van der Waals surface area contributed by atoms with Gasteiger partial charge in [-0.05, 0) is 35.8 Å². The normalized spacial score (nSPS) is 15.6. The second kappa shape index (κ2) is 11.0. The number of amidine groups is 1. The van der Waals surface area contributed by atoms with Gasteiger partial charge in [0.2, 0.25) is 0 Å². The Kier molecular flexibility index (Phi) is 7.76. The van der Waals surface area contributed by atoms with Crippen LogP contribution in [-0.2, 0) is 17.8 Å². The number of nitrogens with zero attached hydrogens (tertiary/aromatic N) is 2. The van der Waals surface area contributed by atoms with E-state index in [0.29, 0.717) is 35.1 Å². The van der Waals surface area contributed by atoms with Crippen molar-refractivity contribution in [3.05, 3.63) is 87.5 Å². The molecule has 9 heteroatoms. The van der Waals surface area contributed by atoms with Gasteiger partial charge in [-0.1, -0.05) is 67.2 Å². The van der Waals surface area contributed by atoms with Crippen molar-refractivity contribution in [2.24, 2.45) is 10.7 Å². The summed E-state index contributed by atoms with van der Waals surface area (Å²) in [4.78, 5) is 45.1. The number of anilines is 1. The number of nitrogens with one attached hydrogen (secondary N) is 1. The van der Waals surface area contributed by atoms with E-state index >= 15 is 0 Å². The zero-order valence-electron chi connectivity index (χ0n) is 19.7. The van der Waals surface area contributed by atoms with Crippen LogP contribution in [0.2, 0.25) is 0 Å². The largest absolute Gasteiger partial charge is 0.387 e. The summed E-state index contributed by atoms with van der Waals surface area (Å²) < 4.78 is 0. The second-order valence-corrected chi connectivity index (χ2v) is 9.45. The minimum Gasteiger partial charge on any atom is -0.387 e. The van der Waals surface area contributed by atoms with Crippen molar-refractivity contribution in [1.82, 2.24) is 4.90 Å². The van der Waals surface area contributed by atoms with E-state index in [9.17, 15) is 14.4 Å². The lowest BCUT2D eigenvalue weighted by Crippen LogP contribution is -2.29. The lowest BCUT2D eigenvalue weighted by molar-refractivity contribution is -0.112. The number of carbonyl (C=O) groups excluding carboxylic acids is 3. The number of aliphatic imine (C=N–C) groups is 1. The minimum absolute atomic E-state index is 0.106. The minimum atomic E-state index is -0.476. The third-order valence-corrected chi connectivity index (χ3v) is 6.49. The Morgan fingerprint density at radius 2 is 1.86 bits per heavy atom. The van der Waals surface area contributed by atoms with Crippen LogP contribution in [0.3, 0.4) is 0 Å². The van der Waals surface area contributed by atoms with Crippen molar-refractivity contribution in [3.8, 4) is 0 Å². The number of nitrogens with two attached hydrogens (primary N) is 1. The molecular weight excluding hydrogens is 496 g/mol. The van der Waals surface area contributed by atoms with Crippen LogP contribution in [0.5, 0.6) is 0 Å². The molecule has 0 fully saturated rings. The maximum Gasteiger partial charge on any atom is 0.263 e. The predicted octanol–water partition coefficient (Wildman–Crippen LogP) is 4.55. The first-order valence-electron chi connectivity index (χ1n) is 11.6. The SMILES string of the molecule is CCCN=C(N)Cc1ccc(CN2C(=O)c3cccc(NC(=O)C4=CC(Cl)=CCC4=S)c3C2=O)cc1. The van der Waals surface area contributed by atoms with Gasteiger partial charge in [-0.25, -0.2) is 0 Å². The molecule has 3 N–H and O–H groups in total. The molecule has 7 nitrogen and oxygen atoms in total. The molecule has 2 aromatic rings. The Morgan fingerprint density at radius 1 is 1.14 bits per heavy atom. The van der Waals surface area contributed by atoms with Gasteiger partial charge in [0.05, 0.1) is 34.8 Å². The van der Waals surface area contributed by atoms with Crippen LogP contribution < -0.4 is 11.1 Å². The number of amides is 3. The summed E-state index contributed by atoms with van der Waals surface area (Å²) in [6, 6.07) is 12.3. The molecule has 3 amide bonds. The molecule has 184 valence electrons. The van der Waals surface area contributed by atoms with Gasteiger partial charge in [-0.15, -0.1) is 0 Å². The van der Waals surface area contributed by atoms with Crippen LogP contribution >= 0.6 is 23.8 Å². The van der Waals surface area contributed by atoms with E-state index in [2.05, 4.69) is 10.3 Å². The highest BCUT2D eigenvalue weighted by atomic mass is 35.5. The van der Waals surface area contributed by atoms with Crippen molar-refractivity contribution < 1.29 is 14.4 Å². The molecular formula is C27H25ClN4O3S. The van der Waals surface area contributed by atoms with Crippen LogP contribution in [0.25, 0.3) is 0 Å². The molecule has 0 spiro atoms. The highest BCUT2D eigenvalue weighted by Gasteiger charge is 2.38. The molecule has 1 aliphatic carbocycles. The van der Waals surface area contributed by atoms with Gasteiger partial charge in [0.15, 0.2) is 0 Å². The van der Waals surface area contributed by atoms with Crippen molar-refractivity contribution >= 4 is 57.9 Å². The Morgan fingerprint density at radius 3 is 2.58 bits per heavy atom. The van der Waals surface area contributed by atoms with E-state index in [0.717, 1.165) is 17.5 Å². The fourth-order valence-corrected chi connectivity index (χ4v) is 4.43. The number of carbonyl (C=O) groups is 3. The number of benzene rings is 2. The van der Waals surface area contributed by atoms with E-state index < -0.39 is 17.7 Å². The number of rotatable bonds is 8. The Bertz CT molecular complexity index is 1350. The monoisotopic (exact) mass is 520 g/mol. The van der Waals surface area contributed by atoms with Gasteiger partial charge in [0.25, 0.3) is 17.7 Å². The Labute approximate surface area is 219 Å². The number of allylic oxidation sites excluding steroid dienone is 3. The molecule has 0 saturated heterocycles. The quantitative estimate of drug-likeness (QED) is 0.230. The molecule has 4 rings (SSSR count). The van der Waals surface area contributed by atoms with Crippen LogP contribution in [-0.4, -0.2) is 39.9 Å². The maximum atomic E-state index is 13.3. The zero-order valence-corrected chi connectivity index (χ0v) is 21.3. The summed E-state index contributed by atoms with van der Waals surface area (Å²) in [5.41, 5.74) is 8.68. The van der Waals surface area contributed by atoms with Crippen molar-refractivity contribution in [2.45, 2.75) is 32.7 Å². The highest BCUT2D eigenvalue weighted by Crippen LogP contribution is 2.31. The first-order chi connectivity index (χ1) is 17.3. The molecule has 2 aliphatic rings. The van der Waals surface area contributed by atoms with Crippen LogP contribution in [0, 0.1) is 0 Å². The number of hydrogen-bond donors (Lipinski definition) is 2. The molecule has 0 saturated carbocycles. The Hall–Kier alpha value is -3.62. The Balaban J connectivity index is 1.50. The first-order valence-corrected chi connectivity index (χ1v) is 12.3. The fourth-order valence-electron chi connectivity index (χ4n) is 4.01. The first kappa shape index (κ1) is 25.5. The molecule has 2 aromatic carbocycles. The average Bonchev–Trinajstić information content (AvgIpc) is 3.10. The summed E-state index contributed by atoms with van der Waals surface area (Å²) >= 11 is 11.3. The fraction of sp³-hybridized carbons (Fsp3) is 0.222. The van der Waals surface area contributed by atoms with Gasteiger partial charge < -0.3 is 11.1 Å². The molecule has 1 heterocycles. The lowest BCUT2D eigenvalue weighted by Gasteiger charge is -2.15. The number of fused-ring (bicyclic) bond motifs is 1. The van der Waals surface area contributed by atoms with Gasteiger partial charge in [-0.2, -0.15) is 0 Å². The number of imide groups is 1. The summed E-state index contributed by atoms with van der Waals surface area (Å²) in [7, 11) is 0. The molecule has 0 aromatic heterocycles. The van der Waals surface area contributed by atoms with E-state index in [1.165, 1.54) is 11.0 Å². The summed E-state index contributed by atoms with van der Waals surface area (Å²) in [6.45, 7) is 2.84. The van der Waals surface area contributed by atoms with Crippen molar-refractivity contribution in [2.75, 3.05) is 11.9 Å². The number of thiocarbonyl (C=S) groups is 1. The summed E-state index contributed by atoms with van der Waals surface area (Å²) in [5, 5.41) is 3.16. The second-order valence-electron chi connectivity index (χ2n) is 8.52.